The lowest BCUT2D eigenvalue weighted by atomic mass is 9.94. The van der Waals surface area contributed by atoms with Gasteiger partial charge in [0, 0.05) is 5.02 Å². The quantitative estimate of drug-likeness (QED) is 0.811. The fourth-order valence-corrected chi connectivity index (χ4v) is 1.67. The van der Waals surface area contributed by atoms with Crippen LogP contribution in [0.5, 0.6) is 0 Å². The molecule has 0 spiro atoms. The summed E-state index contributed by atoms with van der Waals surface area (Å²) in [5.41, 5.74) is 0.238. The van der Waals surface area contributed by atoms with Crippen LogP contribution in [0.3, 0.4) is 0 Å². The molecule has 0 saturated heterocycles. The number of hydrogen-bond donors (Lipinski definition) is 1. The van der Waals surface area contributed by atoms with Gasteiger partial charge in [0.15, 0.2) is 0 Å². The Kier molecular flexibility index (Phi) is 2.22. The lowest BCUT2D eigenvalue weighted by Crippen LogP contribution is -2.11. The SMILES string of the molecule is N#CC1(C(O)c2ccc(Cl)cc2)CC1. The summed E-state index contributed by atoms with van der Waals surface area (Å²) in [6.07, 6.45) is 0.894. The molecule has 0 radical (unpaired) electrons. The first-order valence-corrected chi connectivity index (χ1v) is 4.90. The van der Waals surface area contributed by atoms with E-state index in [9.17, 15) is 5.11 Å². The van der Waals surface area contributed by atoms with Crippen LogP contribution < -0.4 is 0 Å². The predicted molar refractivity (Wildman–Crippen MR) is 53.7 cm³/mol. The van der Waals surface area contributed by atoms with E-state index >= 15 is 0 Å². The number of aliphatic hydroxyl groups excluding tert-OH is 1. The van der Waals surface area contributed by atoms with E-state index < -0.39 is 11.5 Å². The van der Waals surface area contributed by atoms with Crippen LogP contribution in [0.2, 0.25) is 5.02 Å². The van der Waals surface area contributed by atoms with Gasteiger partial charge in [-0.15, -0.1) is 0 Å². The third-order valence-electron chi connectivity index (χ3n) is 2.72. The van der Waals surface area contributed by atoms with Gasteiger partial charge in [-0.05, 0) is 30.5 Å². The minimum absolute atomic E-state index is 0.534. The largest absolute Gasteiger partial charge is 0.387 e. The van der Waals surface area contributed by atoms with Gasteiger partial charge in [-0.25, -0.2) is 0 Å². The molecule has 1 atom stereocenters. The normalized spacial score (nSPS) is 19.8. The van der Waals surface area contributed by atoms with E-state index in [4.69, 9.17) is 16.9 Å². The molecule has 1 aliphatic carbocycles. The van der Waals surface area contributed by atoms with E-state index in [1.54, 1.807) is 24.3 Å². The molecule has 0 amide bonds. The maximum absolute atomic E-state index is 9.94. The molecule has 3 heteroatoms. The van der Waals surface area contributed by atoms with Gasteiger partial charge in [-0.3, -0.25) is 0 Å². The van der Waals surface area contributed by atoms with Gasteiger partial charge in [0.05, 0.1) is 17.6 Å². The number of nitriles is 1. The molecule has 1 fully saturated rings. The molecule has 2 nitrogen and oxygen atoms in total. The summed E-state index contributed by atoms with van der Waals surface area (Å²) >= 11 is 5.73. The van der Waals surface area contributed by atoms with Crippen molar-refractivity contribution in [3.63, 3.8) is 0 Å². The molecule has 1 aromatic rings. The van der Waals surface area contributed by atoms with Crippen molar-refractivity contribution in [1.29, 1.82) is 5.26 Å². The number of hydrogen-bond acceptors (Lipinski definition) is 2. The van der Waals surface area contributed by atoms with Gasteiger partial charge >= 0.3 is 0 Å². The number of benzene rings is 1. The molecular formula is C11H10ClNO. The summed E-state index contributed by atoms with van der Waals surface area (Å²) in [5.74, 6) is 0. The Morgan fingerprint density at radius 3 is 2.36 bits per heavy atom. The van der Waals surface area contributed by atoms with Crippen LogP contribution in [0.4, 0.5) is 0 Å². The molecule has 1 saturated carbocycles. The molecular weight excluding hydrogens is 198 g/mol. The average Bonchev–Trinajstić information content (AvgIpc) is 2.99. The molecule has 0 aromatic heterocycles. The Labute approximate surface area is 87.7 Å². The van der Waals surface area contributed by atoms with Gasteiger partial charge in [0.1, 0.15) is 0 Å². The van der Waals surface area contributed by atoms with Crippen LogP contribution >= 0.6 is 11.6 Å². The van der Waals surface area contributed by atoms with E-state index in [1.807, 2.05) is 0 Å². The number of aliphatic hydroxyl groups is 1. The van der Waals surface area contributed by atoms with Crippen LogP contribution in [0.15, 0.2) is 24.3 Å². The van der Waals surface area contributed by atoms with E-state index in [1.165, 1.54) is 0 Å². The molecule has 0 bridgehead atoms. The lowest BCUT2D eigenvalue weighted by molar-refractivity contribution is 0.123. The monoisotopic (exact) mass is 207 g/mol. The fraction of sp³-hybridized carbons (Fsp3) is 0.364. The third-order valence-corrected chi connectivity index (χ3v) is 2.97. The zero-order chi connectivity index (χ0) is 10.2. The summed E-state index contributed by atoms with van der Waals surface area (Å²) in [6, 6.07) is 9.18. The first-order valence-electron chi connectivity index (χ1n) is 4.53. The zero-order valence-electron chi connectivity index (χ0n) is 7.57. The number of rotatable bonds is 2. The van der Waals surface area contributed by atoms with Crippen molar-refractivity contribution in [2.45, 2.75) is 18.9 Å². The van der Waals surface area contributed by atoms with Crippen molar-refractivity contribution in [2.75, 3.05) is 0 Å². The van der Waals surface area contributed by atoms with Crippen molar-refractivity contribution in [3.05, 3.63) is 34.9 Å². The van der Waals surface area contributed by atoms with E-state index in [0.29, 0.717) is 5.02 Å². The maximum Gasteiger partial charge on any atom is 0.0976 e. The summed E-state index contributed by atoms with van der Waals surface area (Å²) < 4.78 is 0. The van der Waals surface area contributed by atoms with Gasteiger partial charge in [0.25, 0.3) is 0 Å². The number of nitrogens with zero attached hydrogens (tertiary/aromatic N) is 1. The van der Waals surface area contributed by atoms with Gasteiger partial charge in [-0.2, -0.15) is 5.26 Å². The van der Waals surface area contributed by atoms with Crippen molar-refractivity contribution in [2.24, 2.45) is 5.41 Å². The zero-order valence-corrected chi connectivity index (χ0v) is 8.33. The summed E-state index contributed by atoms with van der Waals surface area (Å²) in [6.45, 7) is 0. The Morgan fingerprint density at radius 1 is 1.36 bits per heavy atom. The summed E-state index contributed by atoms with van der Waals surface area (Å²) in [4.78, 5) is 0. The van der Waals surface area contributed by atoms with Crippen LogP contribution in [0.25, 0.3) is 0 Å². The summed E-state index contributed by atoms with van der Waals surface area (Å²) in [7, 11) is 0. The van der Waals surface area contributed by atoms with Gasteiger partial charge in [0.2, 0.25) is 0 Å². The highest BCUT2D eigenvalue weighted by molar-refractivity contribution is 6.30. The molecule has 2 rings (SSSR count). The predicted octanol–water partition coefficient (Wildman–Crippen LogP) is 2.68. The lowest BCUT2D eigenvalue weighted by Gasteiger charge is -2.15. The van der Waals surface area contributed by atoms with Crippen molar-refractivity contribution in [3.8, 4) is 6.07 Å². The van der Waals surface area contributed by atoms with Crippen LogP contribution in [-0.2, 0) is 0 Å². The molecule has 0 heterocycles. The minimum atomic E-state index is -0.676. The summed E-state index contributed by atoms with van der Waals surface area (Å²) in [5, 5.41) is 19.5. The highest BCUT2D eigenvalue weighted by atomic mass is 35.5. The third kappa shape index (κ3) is 1.50. The number of halogens is 1. The minimum Gasteiger partial charge on any atom is -0.387 e. The smallest absolute Gasteiger partial charge is 0.0976 e. The molecule has 0 aliphatic heterocycles. The van der Waals surface area contributed by atoms with E-state index in [0.717, 1.165) is 18.4 Å². The van der Waals surface area contributed by atoms with Gasteiger partial charge < -0.3 is 5.11 Å². The van der Waals surface area contributed by atoms with Crippen molar-refractivity contribution in [1.82, 2.24) is 0 Å². The van der Waals surface area contributed by atoms with Crippen LogP contribution in [0.1, 0.15) is 24.5 Å². The topological polar surface area (TPSA) is 44.0 Å². The standard InChI is InChI=1S/C11H10ClNO/c12-9-3-1-8(2-4-9)10(14)11(7-13)5-6-11/h1-4,10,14H,5-6H2. The van der Waals surface area contributed by atoms with Gasteiger partial charge in [-0.1, -0.05) is 23.7 Å². The van der Waals surface area contributed by atoms with E-state index in [-0.39, 0.29) is 0 Å². The molecule has 72 valence electrons. The molecule has 1 unspecified atom stereocenters. The van der Waals surface area contributed by atoms with Crippen molar-refractivity contribution < 1.29 is 5.11 Å². The fourth-order valence-electron chi connectivity index (χ4n) is 1.55. The average molecular weight is 208 g/mol. The maximum atomic E-state index is 9.94. The van der Waals surface area contributed by atoms with Crippen LogP contribution in [0, 0.1) is 16.7 Å². The highest BCUT2D eigenvalue weighted by Crippen LogP contribution is 2.54. The Hall–Kier alpha value is -1.04. The molecule has 14 heavy (non-hydrogen) atoms. The molecule has 1 N–H and O–H groups in total. The van der Waals surface area contributed by atoms with Crippen LogP contribution in [-0.4, -0.2) is 5.11 Å². The molecule has 1 aromatic carbocycles. The first-order chi connectivity index (χ1) is 6.68. The second-order valence-electron chi connectivity index (χ2n) is 3.72. The Balaban J connectivity index is 2.24. The first kappa shape index (κ1) is 9.51. The van der Waals surface area contributed by atoms with E-state index in [2.05, 4.69) is 6.07 Å². The second-order valence-corrected chi connectivity index (χ2v) is 4.16. The Morgan fingerprint density at radius 2 is 1.93 bits per heavy atom. The highest BCUT2D eigenvalue weighted by Gasteiger charge is 2.50. The second kappa shape index (κ2) is 3.27. The Bertz CT molecular complexity index is 375. The van der Waals surface area contributed by atoms with Crippen molar-refractivity contribution >= 4 is 11.6 Å². The molecule has 1 aliphatic rings.